The molecule has 7 nitrogen and oxygen atoms in total. The van der Waals surface area contributed by atoms with E-state index in [1.165, 1.54) is 0 Å². The van der Waals surface area contributed by atoms with Crippen molar-refractivity contribution >= 4 is 11.7 Å². The smallest absolute Gasteiger partial charge is 0.319 e. The molecular weight excluding hydrogens is 364 g/mol. The Bertz CT molecular complexity index is 1040. The summed E-state index contributed by atoms with van der Waals surface area (Å²) >= 11 is 0. The van der Waals surface area contributed by atoms with Crippen molar-refractivity contribution in [1.29, 1.82) is 0 Å². The molecule has 7 heteroatoms. The van der Waals surface area contributed by atoms with Crippen LogP contribution in [-0.4, -0.2) is 25.4 Å². The Morgan fingerprint density at radius 2 is 1.72 bits per heavy atom. The van der Waals surface area contributed by atoms with Gasteiger partial charge in [-0.3, -0.25) is 4.68 Å². The summed E-state index contributed by atoms with van der Waals surface area (Å²) in [6.45, 7) is 1.87. The summed E-state index contributed by atoms with van der Waals surface area (Å²) < 4.78 is 3.86. The average Bonchev–Trinajstić information content (AvgIpc) is 3.43. The van der Waals surface area contributed by atoms with Gasteiger partial charge in [0, 0.05) is 43.6 Å². The molecule has 0 saturated heterocycles. The van der Waals surface area contributed by atoms with Crippen molar-refractivity contribution in [2.24, 2.45) is 0 Å². The number of benzene rings is 2. The van der Waals surface area contributed by atoms with E-state index in [0.717, 1.165) is 28.9 Å². The highest BCUT2D eigenvalue weighted by Crippen LogP contribution is 2.12. The molecule has 4 aromatic rings. The van der Waals surface area contributed by atoms with Gasteiger partial charge in [0.2, 0.25) is 0 Å². The predicted molar refractivity (Wildman–Crippen MR) is 111 cm³/mol. The van der Waals surface area contributed by atoms with E-state index in [1.54, 1.807) is 18.7 Å². The monoisotopic (exact) mass is 386 g/mol. The van der Waals surface area contributed by atoms with E-state index in [1.807, 2.05) is 70.2 Å². The number of carbonyl (C=O) groups excluding carboxylic acids is 1. The van der Waals surface area contributed by atoms with Crippen LogP contribution in [0, 0.1) is 0 Å². The third-order valence-corrected chi connectivity index (χ3v) is 4.59. The number of nitrogens with one attached hydrogen (secondary N) is 2. The van der Waals surface area contributed by atoms with Crippen LogP contribution in [0.2, 0.25) is 0 Å². The van der Waals surface area contributed by atoms with Gasteiger partial charge in [-0.1, -0.05) is 36.4 Å². The van der Waals surface area contributed by atoms with Crippen molar-refractivity contribution in [3.8, 4) is 0 Å². The van der Waals surface area contributed by atoms with Crippen molar-refractivity contribution in [3.63, 3.8) is 0 Å². The molecular formula is C22H22N6O. The number of carbonyl (C=O) groups is 1. The second-order valence-corrected chi connectivity index (χ2v) is 6.71. The van der Waals surface area contributed by atoms with Crippen molar-refractivity contribution in [1.82, 2.24) is 24.6 Å². The number of rotatable bonds is 7. The number of aromatic nitrogens is 4. The molecule has 0 radical (unpaired) electrons. The van der Waals surface area contributed by atoms with E-state index in [2.05, 4.69) is 26.8 Å². The van der Waals surface area contributed by atoms with Gasteiger partial charge in [-0.2, -0.15) is 5.10 Å². The van der Waals surface area contributed by atoms with Crippen molar-refractivity contribution in [3.05, 3.63) is 102 Å². The predicted octanol–water partition coefficient (Wildman–Crippen LogP) is 3.50. The van der Waals surface area contributed by atoms with Gasteiger partial charge in [0.15, 0.2) is 0 Å². The molecule has 29 heavy (non-hydrogen) atoms. The first-order valence-corrected chi connectivity index (χ1v) is 9.40. The van der Waals surface area contributed by atoms with Crippen LogP contribution in [0.15, 0.2) is 85.7 Å². The van der Waals surface area contributed by atoms with Gasteiger partial charge in [-0.15, -0.1) is 0 Å². The quantitative estimate of drug-likeness (QED) is 0.510. The Labute approximate surface area is 169 Å². The van der Waals surface area contributed by atoms with E-state index < -0.39 is 0 Å². The fraction of sp³-hybridized carbons (Fsp3) is 0.136. The summed E-state index contributed by atoms with van der Waals surface area (Å²) in [5.41, 5.74) is 4.09. The van der Waals surface area contributed by atoms with Gasteiger partial charge in [0.05, 0.1) is 12.9 Å². The summed E-state index contributed by atoms with van der Waals surface area (Å²) in [7, 11) is 0. The maximum atomic E-state index is 12.3. The first-order valence-electron chi connectivity index (χ1n) is 9.40. The molecule has 0 unspecified atom stereocenters. The number of imidazole rings is 1. The maximum Gasteiger partial charge on any atom is 0.319 e. The lowest BCUT2D eigenvalue weighted by Gasteiger charge is -2.12. The number of amides is 2. The van der Waals surface area contributed by atoms with Gasteiger partial charge >= 0.3 is 6.03 Å². The summed E-state index contributed by atoms with van der Waals surface area (Å²) in [6, 6.07) is 17.5. The van der Waals surface area contributed by atoms with Crippen LogP contribution in [0.1, 0.15) is 16.7 Å². The third-order valence-electron chi connectivity index (χ3n) is 4.59. The van der Waals surface area contributed by atoms with Crippen molar-refractivity contribution < 1.29 is 4.79 Å². The maximum absolute atomic E-state index is 12.3. The lowest BCUT2D eigenvalue weighted by molar-refractivity contribution is 0.251. The van der Waals surface area contributed by atoms with E-state index >= 15 is 0 Å². The van der Waals surface area contributed by atoms with E-state index in [9.17, 15) is 4.79 Å². The van der Waals surface area contributed by atoms with Crippen molar-refractivity contribution in [2.45, 2.75) is 19.6 Å². The zero-order valence-corrected chi connectivity index (χ0v) is 15.9. The number of anilines is 1. The zero-order valence-electron chi connectivity index (χ0n) is 15.9. The molecule has 2 aromatic carbocycles. The average molecular weight is 386 g/mol. The van der Waals surface area contributed by atoms with Crippen LogP contribution in [-0.2, 0) is 19.6 Å². The van der Waals surface area contributed by atoms with Crippen LogP contribution in [0.5, 0.6) is 0 Å². The fourth-order valence-electron chi connectivity index (χ4n) is 3.09. The lowest BCUT2D eigenvalue weighted by Crippen LogP contribution is -2.28. The van der Waals surface area contributed by atoms with Crippen LogP contribution in [0.3, 0.4) is 0 Å². The molecule has 0 saturated carbocycles. The highest BCUT2D eigenvalue weighted by atomic mass is 16.2. The minimum absolute atomic E-state index is 0.234. The third kappa shape index (κ3) is 5.10. The topological polar surface area (TPSA) is 76.8 Å². The SMILES string of the molecule is O=C(NCc1ccccc1Cn1ccnc1)Nc1ccc(Cn2cccn2)cc1. The Morgan fingerprint density at radius 1 is 0.897 bits per heavy atom. The van der Waals surface area contributed by atoms with Crippen LogP contribution in [0.4, 0.5) is 10.5 Å². The first-order chi connectivity index (χ1) is 14.3. The van der Waals surface area contributed by atoms with E-state index in [4.69, 9.17) is 0 Å². The fourth-order valence-corrected chi connectivity index (χ4v) is 3.09. The molecule has 2 N–H and O–H groups in total. The van der Waals surface area contributed by atoms with Gasteiger partial charge in [-0.25, -0.2) is 9.78 Å². The Kier molecular flexibility index (Phi) is 5.66. The molecule has 0 aliphatic carbocycles. The Morgan fingerprint density at radius 3 is 2.45 bits per heavy atom. The molecule has 4 rings (SSSR count). The minimum atomic E-state index is -0.234. The largest absolute Gasteiger partial charge is 0.334 e. The van der Waals surface area contributed by atoms with Crippen LogP contribution < -0.4 is 10.6 Å². The highest BCUT2D eigenvalue weighted by Gasteiger charge is 2.06. The van der Waals surface area contributed by atoms with E-state index in [-0.39, 0.29) is 6.03 Å². The zero-order chi connectivity index (χ0) is 19.9. The number of hydrogen-bond donors (Lipinski definition) is 2. The van der Waals surface area contributed by atoms with Crippen LogP contribution in [0.25, 0.3) is 0 Å². The molecule has 0 bridgehead atoms. The number of nitrogens with zero attached hydrogens (tertiary/aromatic N) is 4. The normalized spacial score (nSPS) is 10.6. The first kappa shape index (κ1) is 18.5. The molecule has 2 heterocycles. The molecule has 0 spiro atoms. The molecule has 146 valence electrons. The molecule has 2 aromatic heterocycles. The van der Waals surface area contributed by atoms with Gasteiger partial charge < -0.3 is 15.2 Å². The summed E-state index contributed by atoms with van der Waals surface area (Å²) in [5.74, 6) is 0. The van der Waals surface area contributed by atoms with Gasteiger partial charge in [0.25, 0.3) is 0 Å². The minimum Gasteiger partial charge on any atom is -0.334 e. The Hall–Kier alpha value is -3.87. The lowest BCUT2D eigenvalue weighted by atomic mass is 10.1. The standard InChI is InChI=1S/C22H22N6O/c29-22(26-21-8-6-18(7-9-21)15-28-12-3-10-25-28)24-14-19-4-1-2-5-20(19)16-27-13-11-23-17-27/h1-13,17H,14-16H2,(H2,24,26,29). The molecule has 2 amide bonds. The van der Waals surface area contributed by atoms with Crippen molar-refractivity contribution in [2.75, 3.05) is 5.32 Å². The molecule has 0 fully saturated rings. The van der Waals surface area contributed by atoms with Gasteiger partial charge in [-0.05, 0) is 34.9 Å². The molecule has 0 atom stereocenters. The molecule has 0 aliphatic rings. The highest BCUT2D eigenvalue weighted by molar-refractivity contribution is 5.89. The second-order valence-electron chi connectivity index (χ2n) is 6.71. The number of urea groups is 1. The number of hydrogen-bond acceptors (Lipinski definition) is 3. The summed E-state index contributed by atoms with van der Waals surface area (Å²) in [4.78, 5) is 16.4. The van der Waals surface area contributed by atoms with E-state index in [0.29, 0.717) is 13.1 Å². The second kappa shape index (κ2) is 8.88. The van der Waals surface area contributed by atoms with Crippen LogP contribution >= 0.6 is 0 Å². The Balaban J connectivity index is 1.31. The van der Waals surface area contributed by atoms with Gasteiger partial charge in [0.1, 0.15) is 0 Å². The summed E-state index contributed by atoms with van der Waals surface area (Å²) in [6.07, 6.45) is 9.15. The summed E-state index contributed by atoms with van der Waals surface area (Å²) in [5, 5.41) is 10.0. The molecule has 0 aliphatic heterocycles.